The third kappa shape index (κ3) is 1.56. The number of fused-ring (bicyclic) bond motifs is 1. The van der Waals surface area contributed by atoms with Crippen molar-refractivity contribution in [2.75, 3.05) is 7.11 Å². The molecule has 0 aliphatic rings. The van der Waals surface area contributed by atoms with Crippen LogP contribution in [0.5, 0.6) is 0 Å². The minimum absolute atomic E-state index is 0.00801. The van der Waals surface area contributed by atoms with Gasteiger partial charge in [0.1, 0.15) is 5.52 Å². The summed E-state index contributed by atoms with van der Waals surface area (Å²) >= 11 is 0. The molecular formula is C11H9NO4. The lowest BCUT2D eigenvalue weighted by Gasteiger charge is -1.97. The number of Topliss-reactive ketones (excluding diaryl/α,β-unsaturated/α-hetero) is 1. The van der Waals surface area contributed by atoms with E-state index in [0.717, 1.165) is 0 Å². The molecule has 0 N–H and O–H groups in total. The van der Waals surface area contributed by atoms with Crippen LogP contribution in [0.2, 0.25) is 0 Å². The number of nitrogens with zero attached hydrogens (tertiary/aromatic N) is 1. The largest absolute Gasteiger partial charge is 0.465 e. The van der Waals surface area contributed by atoms with E-state index in [0.29, 0.717) is 11.1 Å². The Kier molecular flexibility index (Phi) is 2.44. The fraction of sp³-hybridized carbons (Fsp3) is 0.182. The molecule has 1 aromatic heterocycles. The van der Waals surface area contributed by atoms with Crippen LogP contribution < -0.4 is 0 Å². The van der Waals surface area contributed by atoms with E-state index in [1.807, 2.05) is 0 Å². The van der Waals surface area contributed by atoms with Crippen LogP contribution in [0, 0.1) is 0 Å². The molecule has 0 amide bonds. The Balaban J connectivity index is 2.67. The molecule has 0 bridgehead atoms. The molecule has 2 aromatic rings. The molecule has 0 unspecified atom stereocenters. The van der Waals surface area contributed by atoms with E-state index in [1.54, 1.807) is 18.2 Å². The topological polar surface area (TPSA) is 69.4 Å². The number of rotatable bonds is 2. The van der Waals surface area contributed by atoms with Gasteiger partial charge in [0, 0.05) is 6.92 Å². The highest BCUT2D eigenvalue weighted by molar-refractivity contribution is 6.02. The van der Waals surface area contributed by atoms with Crippen molar-refractivity contribution in [1.29, 1.82) is 0 Å². The van der Waals surface area contributed by atoms with Crippen LogP contribution in [0.15, 0.2) is 22.6 Å². The molecular weight excluding hydrogens is 210 g/mol. The summed E-state index contributed by atoms with van der Waals surface area (Å²) in [5, 5.41) is 0. The molecule has 1 heterocycles. The van der Waals surface area contributed by atoms with Gasteiger partial charge in [-0.1, -0.05) is 6.07 Å². The maximum Gasteiger partial charge on any atom is 0.340 e. The van der Waals surface area contributed by atoms with E-state index in [2.05, 4.69) is 9.72 Å². The summed E-state index contributed by atoms with van der Waals surface area (Å²) in [4.78, 5) is 26.5. The van der Waals surface area contributed by atoms with Crippen LogP contribution in [0.4, 0.5) is 0 Å². The number of aromatic nitrogens is 1. The van der Waals surface area contributed by atoms with Gasteiger partial charge < -0.3 is 9.15 Å². The fourth-order valence-corrected chi connectivity index (χ4v) is 1.37. The van der Waals surface area contributed by atoms with Crippen LogP contribution in [0.3, 0.4) is 0 Å². The number of benzene rings is 1. The predicted molar refractivity (Wildman–Crippen MR) is 55.4 cm³/mol. The second-order valence-corrected chi connectivity index (χ2v) is 3.22. The van der Waals surface area contributed by atoms with Gasteiger partial charge in [-0.2, -0.15) is 0 Å². The molecule has 0 fully saturated rings. The smallest absolute Gasteiger partial charge is 0.340 e. The number of hydrogen-bond acceptors (Lipinski definition) is 5. The standard InChI is InChI=1S/C11H9NO4/c1-6(13)10-12-9-7(11(14)15-2)4-3-5-8(9)16-10/h3-5H,1-2H3. The zero-order chi connectivity index (χ0) is 11.7. The van der Waals surface area contributed by atoms with Gasteiger partial charge in [0.25, 0.3) is 5.89 Å². The Hall–Kier alpha value is -2.17. The van der Waals surface area contributed by atoms with Gasteiger partial charge in [0.2, 0.25) is 5.78 Å². The molecule has 2 rings (SSSR count). The highest BCUT2D eigenvalue weighted by Crippen LogP contribution is 2.20. The van der Waals surface area contributed by atoms with Gasteiger partial charge >= 0.3 is 5.97 Å². The van der Waals surface area contributed by atoms with E-state index in [9.17, 15) is 9.59 Å². The Bertz CT molecular complexity index is 570. The highest BCUT2D eigenvalue weighted by atomic mass is 16.5. The van der Waals surface area contributed by atoms with Crippen LogP contribution in [0.1, 0.15) is 28.0 Å². The Labute approximate surface area is 91.0 Å². The van der Waals surface area contributed by atoms with Crippen molar-refractivity contribution in [3.05, 3.63) is 29.7 Å². The SMILES string of the molecule is COC(=O)c1cccc2oc(C(C)=O)nc12. The van der Waals surface area contributed by atoms with Gasteiger partial charge in [-0.05, 0) is 12.1 Å². The van der Waals surface area contributed by atoms with E-state index >= 15 is 0 Å². The third-order valence-corrected chi connectivity index (χ3v) is 2.13. The highest BCUT2D eigenvalue weighted by Gasteiger charge is 2.16. The first-order valence-electron chi connectivity index (χ1n) is 4.62. The minimum atomic E-state index is -0.506. The Morgan fingerprint density at radius 1 is 1.38 bits per heavy atom. The third-order valence-electron chi connectivity index (χ3n) is 2.13. The lowest BCUT2D eigenvalue weighted by Crippen LogP contribution is -2.02. The molecule has 5 nitrogen and oxygen atoms in total. The molecule has 0 aliphatic heterocycles. The number of methoxy groups -OCH3 is 1. The van der Waals surface area contributed by atoms with Crippen molar-refractivity contribution in [1.82, 2.24) is 4.98 Å². The van der Waals surface area contributed by atoms with Crippen LogP contribution in [-0.4, -0.2) is 23.8 Å². The predicted octanol–water partition coefficient (Wildman–Crippen LogP) is 1.82. The number of hydrogen-bond donors (Lipinski definition) is 0. The number of carbonyl (C=O) groups is 2. The number of para-hydroxylation sites is 1. The number of ketones is 1. The minimum Gasteiger partial charge on any atom is -0.465 e. The van der Waals surface area contributed by atoms with Crippen molar-refractivity contribution >= 4 is 22.9 Å². The summed E-state index contributed by atoms with van der Waals surface area (Å²) in [6.45, 7) is 1.35. The van der Waals surface area contributed by atoms with E-state index in [-0.39, 0.29) is 17.2 Å². The molecule has 0 spiro atoms. The van der Waals surface area contributed by atoms with E-state index in [4.69, 9.17) is 4.42 Å². The molecule has 5 heteroatoms. The first-order valence-corrected chi connectivity index (χ1v) is 4.62. The molecule has 0 aliphatic carbocycles. The summed E-state index contributed by atoms with van der Waals surface area (Å²) in [6.07, 6.45) is 0. The summed E-state index contributed by atoms with van der Waals surface area (Å²) in [7, 11) is 1.28. The average Bonchev–Trinajstić information content (AvgIpc) is 2.71. The Morgan fingerprint density at radius 3 is 2.75 bits per heavy atom. The van der Waals surface area contributed by atoms with Crippen molar-refractivity contribution in [3.63, 3.8) is 0 Å². The molecule has 1 aromatic carbocycles. The normalized spacial score (nSPS) is 10.4. The van der Waals surface area contributed by atoms with Gasteiger partial charge in [-0.25, -0.2) is 9.78 Å². The first-order chi connectivity index (χ1) is 7.63. The van der Waals surface area contributed by atoms with Gasteiger partial charge in [-0.15, -0.1) is 0 Å². The quantitative estimate of drug-likeness (QED) is 0.569. The monoisotopic (exact) mass is 219 g/mol. The fourth-order valence-electron chi connectivity index (χ4n) is 1.37. The molecule has 0 saturated carbocycles. The van der Waals surface area contributed by atoms with Crippen molar-refractivity contribution < 1.29 is 18.7 Å². The van der Waals surface area contributed by atoms with E-state index < -0.39 is 5.97 Å². The van der Waals surface area contributed by atoms with Crippen molar-refractivity contribution in [2.24, 2.45) is 0 Å². The summed E-state index contributed by atoms with van der Waals surface area (Å²) in [5.41, 5.74) is 1.03. The van der Waals surface area contributed by atoms with Crippen LogP contribution >= 0.6 is 0 Å². The lowest BCUT2D eigenvalue weighted by molar-refractivity contribution is 0.0602. The number of ether oxygens (including phenoxy) is 1. The summed E-state index contributed by atoms with van der Waals surface area (Å²) in [6, 6.07) is 4.85. The zero-order valence-electron chi connectivity index (χ0n) is 8.81. The van der Waals surface area contributed by atoms with Crippen molar-refractivity contribution in [2.45, 2.75) is 6.92 Å². The second kappa shape index (κ2) is 3.77. The van der Waals surface area contributed by atoms with Crippen LogP contribution in [-0.2, 0) is 4.74 Å². The maximum absolute atomic E-state index is 11.4. The van der Waals surface area contributed by atoms with Crippen LogP contribution in [0.25, 0.3) is 11.1 Å². The van der Waals surface area contributed by atoms with Gasteiger partial charge in [-0.3, -0.25) is 4.79 Å². The molecule has 0 atom stereocenters. The van der Waals surface area contributed by atoms with E-state index in [1.165, 1.54) is 14.0 Å². The number of oxazole rings is 1. The lowest BCUT2D eigenvalue weighted by atomic mass is 10.2. The average molecular weight is 219 g/mol. The zero-order valence-corrected chi connectivity index (χ0v) is 8.81. The molecule has 16 heavy (non-hydrogen) atoms. The maximum atomic E-state index is 11.4. The first kappa shape index (κ1) is 10.4. The number of esters is 1. The van der Waals surface area contributed by atoms with Gasteiger partial charge in [0.15, 0.2) is 5.58 Å². The Morgan fingerprint density at radius 2 is 2.12 bits per heavy atom. The number of carbonyl (C=O) groups excluding carboxylic acids is 2. The molecule has 0 saturated heterocycles. The second-order valence-electron chi connectivity index (χ2n) is 3.22. The molecule has 0 radical (unpaired) electrons. The molecule has 82 valence electrons. The summed E-state index contributed by atoms with van der Waals surface area (Å²) in [5.74, 6) is -0.799. The summed E-state index contributed by atoms with van der Waals surface area (Å²) < 4.78 is 9.80. The van der Waals surface area contributed by atoms with Gasteiger partial charge in [0.05, 0.1) is 12.7 Å². The van der Waals surface area contributed by atoms with Crippen molar-refractivity contribution in [3.8, 4) is 0 Å².